The quantitative estimate of drug-likeness (QED) is 0.514. The van der Waals surface area contributed by atoms with Crippen LogP contribution in [0.1, 0.15) is 27.2 Å². The highest BCUT2D eigenvalue weighted by Gasteiger charge is 2.21. The van der Waals surface area contributed by atoms with E-state index in [-0.39, 0.29) is 6.09 Å². The topological polar surface area (TPSA) is 90.8 Å². The first kappa shape index (κ1) is 15.2. The van der Waals surface area contributed by atoms with Gasteiger partial charge in [-0.15, -0.1) is 0 Å². The zero-order valence-electron chi connectivity index (χ0n) is 10.4. The average Bonchev–Trinajstić information content (AvgIpc) is 2.14. The Bertz CT molecular complexity index is 204. The molecule has 0 aliphatic carbocycles. The van der Waals surface area contributed by atoms with Gasteiger partial charge in [0.25, 0.3) is 0 Å². The predicted molar refractivity (Wildman–Crippen MR) is 61.6 cm³/mol. The molecule has 6 heteroatoms. The second kappa shape index (κ2) is 7.43. The van der Waals surface area contributed by atoms with Crippen molar-refractivity contribution in [1.82, 2.24) is 4.90 Å². The van der Waals surface area contributed by atoms with Gasteiger partial charge in [0, 0.05) is 19.6 Å². The number of carbonyl (C=O) groups is 1. The molecule has 0 fully saturated rings. The Morgan fingerprint density at radius 3 is 2.38 bits per heavy atom. The number of ether oxygens (including phenoxy) is 1. The molecule has 1 amide bonds. The number of nitrogens with zero attached hydrogens (tertiary/aromatic N) is 1. The standard InChI is InChI=1S/C10H23N3O3/c1-10(2,3)16-9(14)13(7-5-11)6-4-8-15-12/h4-8,11-12H2,1-3H3. The summed E-state index contributed by atoms with van der Waals surface area (Å²) in [6.45, 7) is 7.30. The molecule has 0 aliphatic heterocycles. The van der Waals surface area contributed by atoms with Gasteiger partial charge in [-0.3, -0.25) is 0 Å². The average molecular weight is 233 g/mol. The van der Waals surface area contributed by atoms with Crippen molar-refractivity contribution in [3.8, 4) is 0 Å². The molecule has 0 aliphatic rings. The van der Waals surface area contributed by atoms with Crippen LogP contribution in [0.15, 0.2) is 0 Å². The minimum atomic E-state index is -0.492. The first-order valence-electron chi connectivity index (χ1n) is 5.40. The largest absolute Gasteiger partial charge is 0.444 e. The third-order valence-corrected chi connectivity index (χ3v) is 1.74. The summed E-state index contributed by atoms with van der Waals surface area (Å²) in [7, 11) is 0. The van der Waals surface area contributed by atoms with Crippen LogP contribution in [-0.4, -0.2) is 42.8 Å². The Labute approximate surface area is 96.8 Å². The fourth-order valence-corrected chi connectivity index (χ4v) is 1.12. The molecule has 0 saturated heterocycles. The van der Waals surface area contributed by atoms with Gasteiger partial charge in [0.05, 0.1) is 6.61 Å². The maximum atomic E-state index is 11.7. The second-order valence-electron chi connectivity index (χ2n) is 4.48. The summed E-state index contributed by atoms with van der Waals surface area (Å²) in [4.78, 5) is 17.7. The van der Waals surface area contributed by atoms with Gasteiger partial charge in [0.1, 0.15) is 5.60 Å². The van der Waals surface area contributed by atoms with E-state index in [4.69, 9.17) is 16.4 Å². The minimum absolute atomic E-state index is 0.352. The Balaban J connectivity index is 4.12. The molecule has 0 saturated carbocycles. The van der Waals surface area contributed by atoms with Crippen LogP contribution in [0, 0.1) is 0 Å². The summed E-state index contributed by atoms with van der Waals surface area (Å²) in [6.07, 6.45) is 0.311. The van der Waals surface area contributed by atoms with Gasteiger partial charge < -0.3 is 20.2 Å². The van der Waals surface area contributed by atoms with Gasteiger partial charge >= 0.3 is 6.09 Å². The van der Waals surface area contributed by atoms with Crippen molar-refractivity contribution in [2.24, 2.45) is 11.6 Å². The molecule has 0 atom stereocenters. The highest BCUT2D eigenvalue weighted by Crippen LogP contribution is 2.09. The van der Waals surface area contributed by atoms with Crippen LogP contribution >= 0.6 is 0 Å². The monoisotopic (exact) mass is 233 g/mol. The molecular weight excluding hydrogens is 210 g/mol. The summed E-state index contributed by atoms with van der Waals surface area (Å²) < 4.78 is 5.24. The Morgan fingerprint density at radius 2 is 1.94 bits per heavy atom. The molecule has 16 heavy (non-hydrogen) atoms. The van der Waals surface area contributed by atoms with Gasteiger partial charge in [-0.2, -0.15) is 0 Å². The van der Waals surface area contributed by atoms with Crippen molar-refractivity contribution in [2.75, 3.05) is 26.2 Å². The maximum absolute atomic E-state index is 11.7. The highest BCUT2D eigenvalue weighted by atomic mass is 16.6. The lowest BCUT2D eigenvalue weighted by Crippen LogP contribution is -2.40. The van der Waals surface area contributed by atoms with E-state index in [1.807, 2.05) is 20.8 Å². The van der Waals surface area contributed by atoms with Crippen molar-refractivity contribution in [2.45, 2.75) is 32.8 Å². The smallest absolute Gasteiger partial charge is 0.410 e. The van der Waals surface area contributed by atoms with Crippen molar-refractivity contribution in [1.29, 1.82) is 0 Å². The van der Waals surface area contributed by atoms with E-state index in [9.17, 15) is 4.79 Å². The number of amides is 1. The molecule has 0 radical (unpaired) electrons. The zero-order chi connectivity index (χ0) is 12.6. The predicted octanol–water partition coefficient (Wildman–Crippen LogP) is 0.463. The zero-order valence-corrected chi connectivity index (χ0v) is 10.4. The lowest BCUT2D eigenvalue weighted by Gasteiger charge is -2.27. The van der Waals surface area contributed by atoms with E-state index in [1.165, 1.54) is 0 Å². The van der Waals surface area contributed by atoms with E-state index in [0.717, 1.165) is 0 Å². The lowest BCUT2D eigenvalue weighted by atomic mass is 10.2. The highest BCUT2D eigenvalue weighted by molar-refractivity contribution is 5.68. The van der Waals surface area contributed by atoms with Gasteiger partial charge in [0.2, 0.25) is 0 Å². The Hall–Kier alpha value is -0.850. The van der Waals surface area contributed by atoms with Gasteiger partial charge in [0.15, 0.2) is 0 Å². The van der Waals surface area contributed by atoms with Crippen molar-refractivity contribution in [3.63, 3.8) is 0 Å². The molecule has 0 unspecified atom stereocenters. The van der Waals surface area contributed by atoms with Crippen LogP contribution in [-0.2, 0) is 9.57 Å². The Morgan fingerprint density at radius 1 is 1.31 bits per heavy atom. The van der Waals surface area contributed by atoms with Gasteiger partial charge in [-0.25, -0.2) is 10.7 Å². The van der Waals surface area contributed by atoms with Crippen LogP contribution in [0.2, 0.25) is 0 Å². The number of carbonyl (C=O) groups excluding carboxylic acids is 1. The summed E-state index contributed by atoms with van der Waals surface area (Å²) in [5.74, 6) is 4.91. The van der Waals surface area contributed by atoms with Crippen LogP contribution in [0.25, 0.3) is 0 Å². The third kappa shape index (κ3) is 7.44. The molecule has 0 aromatic carbocycles. The number of hydrogen-bond donors (Lipinski definition) is 2. The van der Waals surface area contributed by atoms with E-state index in [0.29, 0.717) is 32.7 Å². The van der Waals surface area contributed by atoms with Crippen molar-refractivity contribution in [3.05, 3.63) is 0 Å². The van der Waals surface area contributed by atoms with Crippen molar-refractivity contribution >= 4 is 6.09 Å². The summed E-state index contributed by atoms with van der Waals surface area (Å²) in [6, 6.07) is 0. The van der Waals surface area contributed by atoms with Crippen LogP contribution in [0.4, 0.5) is 4.79 Å². The summed E-state index contributed by atoms with van der Waals surface area (Å²) in [5.41, 5.74) is 4.94. The van der Waals surface area contributed by atoms with E-state index in [2.05, 4.69) is 4.84 Å². The maximum Gasteiger partial charge on any atom is 0.410 e. The fourth-order valence-electron chi connectivity index (χ4n) is 1.12. The lowest BCUT2D eigenvalue weighted by molar-refractivity contribution is 0.0234. The normalized spacial score (nSPS) is 11.3. The molecule has 0 heterocycles. The number of hydrogen-bond acceptors (Lipinski definition) is 5. The van der Waals surface area contributed by atoms with Gasteiger partial charge in [-0.1, -0.05) is 0 Å². The number of nitrogens with two attached hydrogens (primary N) is 2. The van der Waals surface area contributed by atoms with E-state index in [1.54, 1.807) is 4.90 Å². The molecule has 0 spiro atoms. The third-order valence-electron chi connectivity index (χ3n) is 1.74. The molecule has 4 N–H and O–H groups in total. The van der Waals surface area contributed by atoms with Gasteiger partial charge in [-0.05, 0) is 27.2 Å². The summed E-state index contributed by atoms with van der Waals surface area (Å²) >= 11 is 0. The molecule has 6 nitrogen and oxygen atoms in total. The molecule has 96 valence electrons. The first-order valence-corrected chi connectivity index (χ1v) is 5.40. The SMILES string of the molecule is CC(C)(C)OC(=O)N(CCN)CCCON. The first-order chi connectivity index (χ1) is 7.40. The van der Waals surface area contributed by atoms with Crippen LogP contribution in [0.3, 0.4) is 0 Å². The van der Waals surface area contributed by atoms with Crippen LogP contribution in [0.5, 0.6) is 0 Å². The Kier molecular flexibility index (Phi) is 7.03. The van der Waals surface area contributed by atoms with Crippen LogP contribution < -0.4 is 11.6 Å². The summed E-state index contributed by atoms with van der Waals surface area (Å²) in [5, 5.41) is 0. The van der Waals surface area contributed by atoms with Crippen molar-refractivity contribution < 1.29 is 14.4 Å². The molecular formula is C10H23N3O3. The second-order valence-corrected chi connectivity index (χ2v) is 4.48. The molecule has 0 rings (SSSR count). The molecule has 0 aromatic rings. The molecule has 0 bridgehead atoms. The van der Waals surface area contributed by atoms with E-state index < -0.39 is 5.60 Å². The van der Waals surface area contributed by atoms with E-state index >= 15 is 0 Å². The minimum Gasteiger partial charge on any atom is -0.444 e. The number of rotatable bonds is 6. The molecule has 0 aromatic heterocycles. The fraction of sp³-hybridized carbons (Fsp3) is 0.900.